The third-order valence-electron chi connectivity index (χ3n) is 0.729. The van der Waals surface area contributed by atoms with E-state index in [4.69, 9.17) is 4.74 Å². The second-order valence-corrected chi connectivity index (χ2v) is 1.30. The third kappa shape index (κ3) is 1.39. The van der Waals surface area contributed by atoms with Gasteiger partial charge in [-0.2, -0.15) is 0 Å². The molecule has 0 amide bonds. The minimum absolute atomic E-state index is 0.764. The zero-order valence-corrected chi connectivity index (χ0v) is 4.00. The van der Waals surface area contributed by atoms with Crippen LogP contribution in [0.2, 0.25) is 0 Å². The zero-order valence-electron chi connectivity index (χ0n) is 4.00. The van der Waals surface area contributed by atoms with E-state index < -0.39 is 0 Å². The molecule has 1 aliphatic heterocycles. The van der Waals surface area contributed by atoms with Crippen LogP contribution in [0.1, 0.15) is 6.42 Å². The highest BCUT2D eigenvalue weighted by atomic mass is 16.5. The molecule has 0 atom stereocenters. The van der Waals surface area contributed by atoms with Crippen LogP contribution in [-0.4, -0.2) is 13.0 Å². The molecule has 0 N–H and O–H groups in total. The van der Waals surface area contributed by atoms with Crippen LogP contribution in [0.25, 0.3) is 0 Å². The Balaban J connectivity index is 2.39. The SMILES string of the molecule is C1=CN=COCC1. The van der Waals surface area contributed by atoms with Crippen molar-refractivity contribution >= 4 is 6.40 Å². The van der Waals surface area contributed by atoms with Crippen LogP contribution < -0.4 is 0 Å². The van der Waals surface area contributed by atoms with Crippen LogP contribution in [0, 0.1) is 0 Å². The molecule has 1 heterocycles. The van der Waals surface area contributed by atoms with E-state index in [0.717, 1.165) is 13.0 Å². The van der Waals surface area contributed by atoms with Gasteiger partial charge in [0, 0.05) is 12.6 Å². The normalized spacial score (nSPS) is 18.3. The van der Waals surface area contributed by atoms with Crippen molar-refractivity contribution in [3.8, 4) is 0 Å². The van der Waals surface area contributed by atoms with Crippen LogP contribution in [0.15, 0.2) is 17.3 Å². The molecular formula is C5H7NO. The maximum absolute atomic E-state index is 4.84. The molecule has 1 aliphatic rings. The van der Waals surface area contributed by atoms with Gasteiger partial charge in [-0.1, -0.05) is 6.08 Å². The number of ether oxygens (including phenoxy) is 1. The fraction of sp³-hybridized carbons (Fsp3) is 0.400. The molecule has 0 aromatic rings. The number of nitrogens with zero attached hydrogens (tertiary/aromatic N) is 1. The highest BCUT2D eigenvalue weighted by Crippen LogP contribution is 1.88. The van der Waals surface area contributed by atoms with E-state index in [-0.39, 0.29) is 0 Å². The van der Waals surface area contributed by atoms with Crippen LogP contribution in [0.4, 0.5) is 0 Å². The Kier molecular flexibility index (Phi) is 1.50. The predicted octanol–water partition coefficient (Wildman–Crippen LogP) is 0.949. The van der Waals surface area contributed by atoms with Gasteiger partial charge in [0.05, 0.1) is 6.61 Å². The lowest BCUT2D eigenvalue weighted by atomic mass is 10.4. The van der Waals surface area contributed by atoms with E-state index in [2.05, 4.69) is 4.99 Å². The highest BCUT2D eigenvalue weighted by Gasteiger charge is 1.81. The van der Waals surface area contributed by atoms with Gasteiger partial charge in [0.15, 0.2) is 6.40 Å². The third-order valence-corrected chi connectivity index (χ3v) is 0.729. The van der Waals surface area contributed by atoms with Crippen LogP contribution in [0.3, 0.4) is 0 Å². The first-order valence-electron chi connectivity index (χ1n) is 2.28. The smallest absolute Gasteiger partial charge is 0.173 e. The van der Waals surface area contributed by atoms with Gasteiger partial charge < -0.3 is 4.74 Å². The number of hydrogen-bond acceptors (Lipinski definition) is 2. The molecule has 0 aromatic carbocycles. The molecule has 0 radical (unpaired) electrons. The van der Waals surface area contributed by atoms with Crippen molar-refractivity contribution in [2.24, 2.45) is 4.99 Å². The molecule has 0 aliphatic carbocycles. The molecule has 0 saturated carbocycles. The number of hydrogen-bond donors (Lipinski definition) is 0. The van der Waals surface area contributed by atoms with E-state index in [1.807, 2.05) is 6.08 Å². The molecule has 0 aromatic heterocycles. The van der Waals surface area contributed by atoms with E-state index in [0.29, 0.717) is 0 Å². The standard InChI is InChI=1S/C5H7NO/c1-2-4-7-5-6-3-1/h1,3,5H,2,4H2. The fourth-order valence-corrected chi connectivity index (χ4v) is 0.402. The fourth-order valence-electron chi connectivity index (χ4n) is 0.402. The minimum Gasteiger partial charge on any atom is -0.483 e. The lowest BCUT2D eigenvalue weighted by Crippen LogP contribution is -1.85. The average molecular weight is 97.1 g/mol. The predicted molar refractivity (Wildman–Crippen MR) is 28.2 cm³/mol. The summed E-state index contributed by atoms with van der Waals surface area (Å²) in [5.41, 5.74) is 0. The first-order valence-corrected chi connectivity index (χ1v) is 2.28. The number of rotatable bonds is 0. The molecule has 2 heteroatoms. The Bertz CT molecular complexity index is 84.3. The Hall–Kier alpha value is -0.790. The summed E-state index contributed by atoms with van der Waals surface area (Å²) in [5, 5.41) is 0. The summed E-state index contributed by atoms with van der Waals surface area (Å²) in [6.45, 7) is 0.764. The van der Waals surface area contributed by atoms with Crippen molar-refractivity contribution in [1.29, 1.82) is 0 Å². The zero-order chi connectivity index (χ0) is 4.95. The van der Waals surface area contributed by atoms with Crippen molar-refractivity contribution in [3.63, 3.8) is 0 Å². The summed E-state index contributed by atoms with van der Waals surface area (Å²) in [7, 11) is 0. The quantitative estimate of drug-likeness (QED) is 0.441. The molecule has 38 valence electrons. The lowest BCUT2D eigenvalue weighted by Gasteiger charge is -1.88. The topological polar surface area (TPSA) is 21.6 Å². The molecule has 0 fully saturated rings. The van der Waals surface area contributed by atoms with E-state index in [9.17, 15) is 0 Å². The first kappa shape index (κ1) is 4.37. The Morgan fingerprint density at radius 1 is 1.57 bits per heavy atom. The molecule has 0 spiro atoms. The van der Waals surface area contributed by atoms with Crippen molar-refractivity contribution in [3.05, 3.63) is 12.3 Å². The average Bonchev–Trinajstić information content (AvgIpc) is 1.90. The Morgan fingerprint density at radius 3 is 3.57 bits per heavy atom. The highest BCUT2D eigenvalue weighted by molar-refractivity contribution is 5.47. The van der Waals surface area contributed by atoms with Crippen LogP contribution >= 0.6 is 0 Å². The monoisotopic (exact) mass is 97.1 g/mol. The largest absolute Gasteiger partial charge is 0.483 e. The molecule has 1 rings (SSSR count). The minimum atomic E-state index is 0.764. The van der Waals surface area contributed by atoms with Gasteiger partial charge in [0.25, 0.3) is 0 Å². The van der Waals surface area contributed by atoms with Crippen molar-refractivity contribution in [2.45, 2.75) is 6.42 Å². The van der Waals surface area contributed by atoms with E-state index in [1.54, 1.807) is 6.20 Å². The van der Waals surface area contributed by atoms with Gasteiger partial charge in [-0.25, -0.2) is 4.99 Å². The lowest BCUT2D eigenvalue weighted by molar-refractivity contribution is 0.330. The van der Waals surface area contributed by atoms with Crippen molar-refractivity contribution < 1.29 is 4.74 Å². The molecule has 2 nitrogen and oxygen atoms in total. The summed E-state index contributed by atoms with van der Waals surface area (Å²) in [4.78, 5) is 3.74. The van der Waals surface area contributed by atoms with Gasteiger partial charge in [-0.05, 0) is 0 Å². The summed E-state index contributed by atoms with van der Waals surface area (Å²) in [6.07, 6.45) is 6.15. The summed E-state index contributed by atoms with van der Waals surface area (Å²) >= 11 is 0. The van der Waals surface area contributed by atoms with Gasteiger partial charge >= 0.3 is 0 Å². The van der Waals surface area contributed by atoms with Crippen LogP contribution in [-0.2, 0) is 4.74 Å². The van der Waals surface area contributed by atoms with Gasteiger partial charge in [0.1, 0.15) is 0 Å². The van der Waals surface area contributed by atoms with Crippen molar-refractivity contribution in [2.75, 3.05) is 6.61 Å². The van der Waals surface area contributed by atoms with E-state index in [1.165, 1.54) is 6.40 Å². The molecular weight excluding hydrogens is 90.1 g/mol. The second-order valence-electron chi connectivity index (χ2n) is 1.30. The molecule has 0 unspecified atom stereocenters. The van der Waals surface area contributed by atoms with Crippen LogP contribution in [0.5, 0.6) is 0 Å². The maximum Gasteiger partial charge on any atom is 0.173 e. The van der Waals surface area contributed by atoms with Gasteiger partial charge in [0.2, 0.25) is 0 Å². The Labute approximate surface area is 42.5 Å². The summed E-state index contributed by atoms with van der Waals surface area (Å²) in [6, 6.07) is 0. The summed E-state index contributed by atoms with van der Waals surface area (Å²) in [5.74, 6) is 0. The van der Waals surface area contributed by atoms with Gasteiger partial charge in [-0.15, -0.1) is 0 Å². The number of aliphatic imine (C=N–C) groups is 1. The first-order chi connectivity index (χ1) is 3.50. The molecule has 0 bridgehead atoms. The van der Waals surface area contributed by atoms with Gasteiger partial charge in [-0.3, -0.25) is 0 Å². The van der Waals surface area contributed by atoms with Crippen molar-refractivity contribution in [1.82, 2.24) is 0 Å². The van der Waals surface area contributed by atoms with E-state index >= 15 is 0 Å². The second kappa shape index (κ2) is 2.39. The molecule has 0 saturated heterocycles. The maximum atomic E-state index is 4.84. The molecule has 7 heavy (non-hydrogen) atoms. The Morgan fingerprint density at radius 2 is 2.57 bits per heavy atom. The summed E-state index contributed by atoms with van der Waals surface area (Å²) < 4.78 is 4.84.